The quantitative estimate of drug-likeness (QED) is 0.289. The number of hydrogen-bond donors (Lipinski definition) is 1. The number of ether oxygens (including phenoxy) is 1. The predicted octanol–water partition coefficient (Wildman–Crippen LogP) is 3.96. The van der Waals surface area contributed by atoms with Crippen molar-refractivity contribution in [1.82, 2.24) is 14.5 Å². The normalized spacial score (nSPS) is 12.2. The number of hydrogen-bond acceptors (Lipinski definition) is 5. The maximum Gasteiger partial charge on any atom is 0.333 e. The first kappa shape index (κ1) is 27.9. The van der Waals surface area contributed by atoms with Crippen molar-refractivity contribution in [2.24, 2.45) is 0 Å². The van der Waals surface area contributed by atoms with Crippen molar-refractivity contribution in [1.29, 1.82) is 0 Å². The van der Waals surface area contributed by atoms with Gasteiger partial charge in [-0.25, -0.2) is 4.79 Å². The number of nitrogens with zero attached hydrogens (tertiary/aromatic N) is 2. The van der Waals surface area contributed by atoms with Crippen molar-refractivity contribution < 1.29 is 14.3 Å². The molecule has 3 aromatic carbocycles. The minimum absolute atomic E-state index is 0.210. The molecule has 0 aliphatic carbocycles. The van der Waals surface area contributed by atoms with Gasteiger partial charge in [-0.05, 0) is 55.5 Å². The zero-order chi connectivity index (χ0) is 28.9. The number of aromatic nitrogens is 2. The highest BCUT2D eigenvalue weighted by Crippen LogP contribution is 2.27. The summed E-state index contributed by atoms with van der Waals surface area (Å²) >= 11 is 1.16. The van der Waals surface area contributed by atoms with Crippen LogP contribution in [0.1, 0.15) is 29.4 Å². The Morgan fingerprint density at radius 1 is 0.976 bits per heavy atom. The predicted molar refractivity (Wildman–Crippen MR) is 164 cm³/mol. The molecule has 0 fully saturated rings. The number of rotatable bonds is 8. The highest BCUT2D eigenvalue weighted by molar-refractivity contribution is 7.07. The van der Waals surface area contributed by atoms with Crippen molar-refractivity contribution >= 4 is 46.1 Å². The molecule has 1 N–H and O–H groups in total. The zero-order valence-corrected chi connectivity index (χ0v) is 24.0. The van der Waals surface area contributed by atoms with E-state index in [0.29, 0.717) is 15.7 Å². The number of nitrogens with one attached hydrogen (secondary N) is 1. The van der Waals surface area contributed by atoms with Gasteiger partial charge in [-0.1, -0.05) is 66.7 Å². The number of carbonyl (C=O) groups excluding carboxylic acids is 2. The lowest BCUT2D eigenvalue weighted by atomic mass is 10.1. The number of esters is 1. The molecule has 2 aromatic heterocycles. The van der Waals surface area contributed by atoms with Gasteiger partial charge < -0.3 is 14.6 Å². The van der Waals surface area contributed by atoms with Crippen LogP contribution in [-0.4, -0.2) is 27.6 Å². The molecule has 8 heteroatoms. The molecule has 5 aromatic rings. The minimum Gasteiger partial charge on any atom is -0.463 e. The molecule has 0 bridgehead atoms. The van der Waals surface area contributed by atoms with Crippen molar-refractivity contribution in [2.75, 3.05) is 6.61 Å². The molecule has 2 heterocycles. The second kappa shape index (κ2) is 12.2. The Morgan fingerprint density at radius 3 is 2.49 bits per heavy atom. The van der Waals surface area contributed by atoms with E-state index in [-0.39, 0.29) is 24.6 Å². The fourth-order valence-electron chi connectivity index (χ4n) is 4.92. The van der Waals surface area contributed by atoms with Crippen LogP contribution in [0, 0.1) is 13.8 Å². The smallest absolute Gasteiger partial charge is 0.333 e. The summed E-state index contributed by atoms with van der Waals surface area (Å²) in [5, 5.41) is 5.14. The second-order valence-corrected chi connectivity index (χ2v) is 10.7. The van der Waals surface area contributed by atoms with E-state index in [4.69, 9.17) is 4.74 Å². The average Bonchev–Trinajstić information content (AvgIpc) is 3.41. The third-order valence-corrected chi connectivity index (χ3v) is 7.92. The third kappa shape index (κ3) is 6.07. The summed E-state index contributed by atoms with van der Waals surface area (Å²) in [6.07, 6.45) is 3.11. The van der Waals surface area contributed by atoms with Crippen LogP contribution in [0.25, 0.3) is 28.6 Å². The average molecular weight is 566 g/mol. The Hall–Kier alpha value is -4.69. The van der Waals surface area contributed by atoms with Crippen LogP contribution in [0.3, 0.4) is 0 Å². The lowest BCUT2D eigenvalue weighted by Crippen LogP contribution is -2.38. The van der Waals surface area contributed by atoms with Crippen LogP contribution in [0.15, 0.2) is 83.7 Å². The number of carbonyl (C=O) groups is 2. The molecule has 1 amide bonds. The molecule has 0 unspecified atom stereocenters. The molecule has 0 atom stereocenters. The number of thiazole rings is 1. The van der Waals surface area contributed by atoms with Gasteiger partial charge in [0.2, 0.25) is 5.91 Å². The van der Waals surface area contributed by atoms with Crippen LogP contribution in [-0.2, 0) is 27.4 Å². The van der Waals surface area contributed by atoms with Gasteiger partial charge in [0.25, 0.3) is 5.56 Å². The SMILES string of the molecule is CCOC(=O)C=c1sc(=Cc2cc(C)n(-c3cccc4ccccc34)c2C)c(=O)n1CC(=O)NCc1ccccc1. The van der Waals surface area contributed by atoms with E-state index in [2.05, 4.69) is 34.1 Å². The Balaban J connectivity index is 1.54. The molecule has 0 radical (unpaired) electrons. The van der Waals surface area contributed by atoms with E-state index in [9.17, 15) is 14.4 Å². The molecule has 7 nitrogen and oxygen atoms in total. The minimum atomic E-state index is -0.562. The molecule has 0 aliphatic rings. The zero-order valence-electron chi connectivity index (χ0n) is 23.2. The molecular weight excluding hydrogens is 534 g/mol. The van der Waals surface area contributed by atoms with E-state index in [1.165, 1.54) is 10.6 Å². The summed E-state index contributed by atoms with van der Waals surface area (Å²) in [6.45, 7) is 6.12. The molecule has 41 heavy (non-hydrogen) atoms. The largest absolute Gasteiger partial charge is 0.463 e. The van der Waals surface area contributed by atoms with Crippen LogP contribution in [0.4, 0.5) is 0 Å². The summed E-state index contributed by atoms with van der Waals surface area (Å²) in [4.78, 5) is 38.7. The summed E-state index contributed by atoms with van der Waals surface area (Å²) < 4.78 is 9.38. The molecule has 0 saturated carbocycles. The number of aryl methyl sites for hydroxylation is 1. The van der Waals surface area contributed by atoms with Crippen LogP contribution in [0.5, 0.6) is 0 Å². The maximum absolute atomic E-state index is 13.6. The number of benzene rings is 3. The number of fused-ring (bicyclic) bond motifs is 1. The third-order valence-electron chi connectivity index (χ3n) is 6.86. The second-order valence-electron chi connectivity index (χ2n) is 9.66. The fraction of sp³-hybridized carbons (Fsp3) is 0.182. The van der Waals surface area contributed by atoms with E-state index < -0.39 is 5.97 Å². The van der Waals surface area contributed by atoms with E-state index in [0.717, 1.165) is 50.3 Å². The molecule has 0 aliphatic heterocycles. The standard InChI is InChI=1S/C33H31N3O4S/c1-4-40-32(38)19-31-35(21-30(37)34-20-24-11-6-5-7-12-24)33(39)29(41-31)18-26-17-22(2)36(23(26)3)28-16-10-14-25-13-8-9-15-27(25)28/h5-19H,4,20-21H2,1-3H3,(H,34,37). The van der Waals surface area contributed by atoms with Crippen molar-refractivity contribution in [3.8, 4) is 5.69 Å². The van der Waals surface area contributed by atoms with Crippen LogP contribution in [0.2, 0.25) is 0 Å². The van der Waals surface area contributed by atoms with Gasteiger partial charge in [0, 0.05) is 23.3 Å². The first-order valence-electron chi connectivity index (χ1n) is 13.4. The fourth-order valence-corrected chi connectivity index (χ4v) is 5.94. The lowest BCUT2D eigenvalue weighted by molar-refractivity contribution is -0.135. The molecule has 0 spiro atoms. The first-order valence-corrected chi connectivity index (χ1v) is 14.2. The van der Waals surface area contributed by atoms with Gasteiger partial charge in [-0.15, -0.1) is 11.3 Å². The molecule has 208 valence electrons. The van der Waals surface area contributed by atoms with E-state index >= 15 is 0 Å². The maximum atomic E-state index is 13.6. The van der Waals surface area contributed by atoms with Crippen molar-refractivity contribution in [3.05, 3.63) is 121 Å². The Kier molecular flexibility index (Phi) is 8.31. The highest BCUT2D eigenvalue weighted by atomic mass is 32.1. The van der Waals surface area contributed by atoms with Gasteiger partial charge in [-0.3, -0.25) is 14.2 Å². The van der Waals surface area contributed by atoms with Crippen molar-refractivity contribution in [3.63, 3.8) is 0 Å². The van der Waals surface area contributed by atoms with Crippen molar-refractivity contribution in [2.45, 2.75) is 33.9 Å². The lowest BCUT2D eigenvalue weighted by Gasteiger charge is -2.13. The first-order chi connectivity index (χ1) is 19.9. The highest BCUT2D eigenvalue weighted by Gasteiger charge is 2.15. The number of amides is 1. The summed E-state index contributed by atoms with van der Waals surface area (Å²) in [7, 11) is 0. The Labute approximate surface area is 241 Å². The monoisotopic (exact) mass is 565 g/mol. The topological polar surface area (TPSA) is 82.3 Å². The van der Waals surface area contributed by atoms with Gasteiger partial charge in [0.1, 0.15) is 11.2 Å². The van der Waals surface area contributed by atoms with Gasteiger partial charge in [-0.2, -0.15) is 0 Å². The van der Waals surface area contributed by atoms with E-state index in [1.54, 1.807) is 6.92 Å². The Bertz CT molecular complexity index is 1910. The summed E-state index contributed by atoms with van der Waals surface area (Å²) in [6, 6.07) is 26.0. The van der Waals surface area contributed by atoms with Gasteiger partial charge >= 0.3 is 5.97 Å². The van der Waals surface area contributed by atoms with Crippen LogP contribution < -0.4 is 20.1 Å². The van der Waals surface area contributed by atoms with Crippen LogP contribution >= 0.6 is 11.3 Å². The summed E-state index contributed by atoms with van der Waals surface area (Å²) in [5.74, 6) is -0.888. The Morgan fingerprint density at radius 2 is 1.71 bits per heavy atom. The molecule has 0 saturated heterocycles. The van der Waals surface area contributed by atoms with E-state index in [1.807, 2.05) is 74.5 Å². The van der Waals surface area contributed by atoms with Gasteiger partial charge in [0.15, 0.2) is 0 Å². The molecule has 5 rings (SSSR count). The summed E-state index contributed by atoms with van der Waals surface area (Å²) in [5.41, 5.74) is 4.57. The van der Waals surface area contributed by atoms with Gasteiger partial charge in [0.05, 0.1) is 22.9 Å². The molecular formula is C33H31N3O4S.